The molecule has 0 bridgehead atoms. The molecule has 3 rings (SSSR count). The average Bonchev–Trinajstić information content (AvgIpc) is 2.90. The molecule has 0 aliphatic carbocycles. The molecular weight excluding hydrogens is 256 g/mol. The Kier molecular flexibility index (Phi) is 3.01. The summed E-state index contributed by atoms with van der Waals surface area (Å²) in [5.41, 5.74) is 2.26. The van der Waals surface area contributed by atoms with Gasteiger partial charge in [0.05, 0.1) is 16.1 Å². The van der Waals surface area contributed by atoms with E-state index in [1.54, 1.807) is 6.07 Å². The van der Waals surface area contributed by atoms with Crippen molar-refractivity contribution in [3.63, 3.8) is 0 Å². The molecule has 1 N–H and O–H groups in total. The van der Waals surface area contributed by atoms with Crippen molar-refractivity contribution in [2.45, 2.75) is 6.92 Å². The summed E-state index contributed by atoms with van der Waals surface area (Å²) in [6, 6.07) is 13.4. The molecule has 0 atom stereocenters. The second-order valence-electron chi connectivity index (χ2n) is 4.26. The molecule has 1 aromatic carbocycles. The van der Waals surface area contributed by atoms with Crippen LogP contribution in [0.2, 0.25) is 0 Å². The van der Waals surface area contributed by atoms with Crippen molar-refractivity contribution in [3.05, 3.63) is 59.1 Å². The molecule has 0 aliphatic rings. The summed E-state index contributed by atoms with van der Waals surface area (Å²) in [4.78, 5) is 16.8. The number of hydrogen-bond donors (Lipinski definition) is 1. The minimum Gasteiger partial charge on any atom is -0.314 e. The van der Waals surface area contributed by atoms with Crippen LogP contribution in [0, 0.1) is 6.92 Å². The van der Waals surface area contributed by atoms with Crippen LogP contribution in [0.5, 0.6) is 0 Å². The lowest BCUT2D eigenvalue weighted by molar-refractivity contribution is 0.102. The lowest BCUT2D eigenvalue weighted by Gasteiger charge is -2.06. The van der Waals surface area contributed by atoms with Gasteiger partial charge < -0.3 is 5.32 Å². The molecule has 0 spiro atoms. The topological polar surface area (TPSA) is 42.0 Å². The fourth-order valence-corrected chi connectivity index (χ4v) is 2.57. The van der Waals surface area contributed by atoms with Gasteiger partial charge in [0.1, 0.15) is 0 Å². The van der Waals surface area contributed by atoms with Gasteiger partial charge in [0.25, 0.3) is 5.91 Å². The fourth-order valence-electron chi connectivity index (χ4n) is 1.96. The van der Waals surface area contributed by atoms with Crippen molar-refractivity contribution in [1.29, 1.82) is 0 Å². The summed E-state index contributed by atoms with van der Waals surface area (Å²) in [6.07, 6.45) is 0. The number of nitrogens with one attached hydrogen (secondary N) is 1. The third kappa shape index (κ3) is 2.35. The maximum atomic E-state index is 12.3. The van der Waals surface area contributed by atoms with Crippen LogP contribution in [-0.4, -0.2) is 10.9 Å². The van der Waals surface area contributed by atoms with Crippen LogP contribution in [-0.2, 0) is 0 Å². The first-order valence-corrected chi connectivity index (χ1v) is 6.83. The molecule has 3 nitrogen and oxygen atoms in total. The monoisotopic (exact) mass is 268 g/mol. The van der Waals surface area contributed by atoms with Gasteiger partial charge in [-0.2, -0.15) is 0 Å². The highest BCUT2D eigenvalue weighted by Gasteiger charge is 2.11. The summed E-state index contributed by atoms with van der Waals surface area (Å²) in [5.74, 6) is -0.119. The molecule has 19 heavy (non-hydrogen) atoms. The summed E-state index contributed by atoms with van der Waals surface area (Å²) in [6.45, 7) is 1.92. The first-order valence-electron chi connectivity index (χ1n) is 5.95. The number of carbonyl (C=O) groups is 1. The number of hydrogen-bond acceptors (Lipinski definition) is 3. The molecular formula is C15H12N2OS. The Labute approximate surface area is 114 Å². The van der Waals surface area contributed by atoms with Crippen molar-refractivity contribution in [3.8, 4) is 0 Å². The first kappa shape index (κ1) is 11.9. The Bertz CT molecular complexity index is 735. The Morgan fingerprint density at radius 1 is 1.16 bits per heavy atom. The fraction of sp³-hybridized carbons (Fsp3) is 0.0667. The van der Waals surface area contributed by atoms with E-state index in [9.17, 15) is 4.79 Å². The van der Waals surface area contributed by atoms with Gasteiger partial charge in [-0.25, -0.2) is 0 Å². The van der Waals surface area contributed by atoms with Gasteiger partial charge in [-0.15, -0.1) is 11.3 Å². The molecule has 4 heteroatoms. The quantitative estimate of drug-likeness (QED) is 0.767. The maximum Gasteiger partial charge on any atom is 0.258 e. The van der Waals surface area contributed by atoms with Crippen LogP contribution in [0.25, 0.3) is 10.9 Å². The molecule has 2 aromatic heterocycles. The van der Waals surface area contributed by atoms with Crippen molar-refractivity contribution in [2.24, 2.45) is 0 Å². The average molecular weight is 268 g/mol. The van der Waals surface area contributed by atoms with E-state index in [2.05, 4.69) is 10.3 Å². The second-order valence-corrected chi connectivity index (χ2v) is 5.21. The number of benzene rings is 1. The highest BCUT2D eigenvalue weighted by molar-refractivity contribution is 7.14. The first-order chi connectivity index (χ1) is 9.24. The van der Waals surface area contributed by atoms with E-state index in [0.717, 1.165) is 21.6 Å². The van der Waals surface area contributed by atoms with E-state index >= 15 is 0 Å². The molecule has 0 fully saturated rings. The lowest BCUT2D eigenvalue weighted by Crippen LogP contribution is -2.11. The Morgan fingerprint density at radius 2 is 2.05 bits per heavy atom. The molecule has 0 saturated carbocycles. The van der Waals surface area contributed by atoms with Crippen molar-refractivity contribution < 1.29 is 4.79 Å². The zero-order valence-electron chi connectivity index (χ0n) is 10.4. The van der Waals surface area contributed by atoms with Crippen LogP contribution in [0.4, 0.5) is 5.00 Å². The van der Waals surface area contributed by atoms with E-state index in [1.807, 2.05) is 48.7 Å². The Hall–Kier alpha value is -2.20. The van der Waals surface area contributed by atoms with Crippen LogP contribution in [0.3, 0.4) is 0 Å². The number of fused-ring (bicyclic) bond motifs is 1. The summed E-state index contributed by atoms with van der Waals surface area (Å²) in [7, 11) is 0. The molecule has 1 amide bonds. The molecule has 0 aliphatic heterocycles. The van der Waals surface area contributed by atoms with Crippen LogP contribution >= 0.6 is 11.3 Å². The van der Waals surface area contributed by atoms with E-state index in [4.69, 9.17) is 0 Å². The van der Waals surface area contributed by atoms with Crippen molar-refractivity contribution in [2.75, 3.05) is 5.32 Å². The van der Waals surface area contributed by atoms with Gasteiger partial charge in [-0.05, 0) is 36.6 Å². The lowest BCUT2D eigenvalue weighted by atomic mass is 10.1. The smallest absolute Gasteiger partial charge is 0.258 e. The van der Waals surface area contributed by atoms with Crippen molar-refractivity contribution in [1.82, 2.24) is 4.98 Å². The number of aryl methyl sites for hydroxylation is 1. The molecule has 2 heterocycles. The van der Waals surface area contributed by atoms with Gasteiger partial charge in [-0.3, -0.25) is 9.78 Å². The van der Waals surface area contributed by atoms with E-state index in [-0.39, 0.29) is 5.91 Å². The van der Waals surface area contributed by atoms with Crippen LogP contribution in [0.1, 0.15) is 16.1 Å². The standard InChI is InChI=1S/C15H12N2OS/c1-10-7-8-11-4-2-5-12(14(11)16-10)15(18)17-13-6-3-9-19-13/h2-9H,1H3,(H,17,18). The normalized spacial score (nSPS) is 10.6. The molecule has 0 unspecified atom stereocenters. The number of nitrogens with zero attached hydrogens (tertiary/aromatic N) is 1. The SMILES string of the molecule is Cc1ccc2cccc(C(=O)Nc3cccs3)c2n1. The second kappa shape index (κ2) is 4.82. The van der Waals surface area contributed by atoms with E-state index < -0.39 is 0 Å². The molecule has 94 valence electrons. The number of carbonyl (C=O) groups excluding carboxylic acids is 1. The van der Waals surface area contributed by atoms with Crippen molar-refractivity contribution >= 4 is 33.1 Å². The minimum absolute atomic E-state index is 0.119. The number of thiophene rings is 1. The van der Waals surface area contributed by atoms with Gasteiger partial charge in [-0.1, -0.05) is 18.2 Å². The highest BCUT2D eigenvalue weighted by Crippen LogP contribution is 2.20. The zero-order valence-corrected chi connectivity index (χ0v) is 11.2. The number of para-hydroxylation sites is 1. The minimum atomic E-state index is -0.119. The third-order valence-electron chi connectivity index (χ3n) is 2.86. The molecule has 0 radical (unpaired) electrons. The number of aromatic nitrogens is 1. The third-order valence-corrected chi connectivity index (χ3v) is 3.65. The summed E-state index contributed by atoms with van der Waals surface area (Å²) >= 11 is 1.50. The molecule has 3 aromatic rings. The zero-order chi connectivity index (χ0) is 13.2. The summed E-state index contributed by atoms with van der Waals surface area (Å²) < 4.78 is 0. The maximum absolute atomic E-state index is 12.3. The van der Waals surface area contributed by atoms with E-state index in [0.29, 0.717) is 5.56 Å². The Balaban J connectivity index is 2.04. The number of amides is 1. The number of rotatable bonds is 2. The van der Waals surface area contributed by atoms with Gasteiger partial charge in [0, 0.05) is 11.1 Å². The van der Waals surface area contributed by atoms with Crippen LogP contribution < -0.4 is 5.32 Å². The number of anilines is 1. The Morgan fingerprint density at radius 3 is 2.84 bits per heavy atom. The predicted molar refractivity (Wildman–Crippen MR) is 78.8 cm³/mol. The van der Waals surface area contributed by atoms with Gasteiger partial charge >= 0.3 is 0 Å². The highest BCUT2D eigenvalue weighted by atomic mass is 32.1. The van der Waals surface area contributed by atoms with Gasteiger partial charge in [0.2, 0.25) is 0 Å². The predicted octanol–water partition coefficient (Wildman–Crippen LogP) is 3.86. The number of pyridine rings is 1. The largest absolute Gasteiger partial charge is 0.314 e. The van der Waals surface area contributed by atoms with Gasteiger partial charge in [0.15, 0.2) is 0 Å². The van der Waals surface area contributed by atoms with Crippen LogP contribution in [0.15, 0.2) is 47.8 Å². The molecule has 0 saturated heterocycles. The summed E-state index contributed by atoms with van der Waals surface area (Å²) in [5, 5.41) is 6.64. The van der Waals surface area contributed by atoms with E-state index in [1.165, 1.54) is 11.3 Å².